The van der Waals surface area contributed by atoms with E-state index in [0.717, 1.165) is 71.7 Å². The second kappa shape index (κ2) is 10.2. The Kier molecular flexibility index (Phi) is 5.64. The third-order valence-corrected chi connectivity index (χ3v) is 9.84. The second-order valence-electron chi connectivity index (χ2n) is 12.4. The summed E-state index contributed by atoms with van der Waals surface area (Å²) in [5.74, 6) is 0. The molecule has 0 saturated carbocycles. The van der Waals surface area contributed by atoms with Gasteiger partial charge in [-0.05, 0) is 90.3 Å². The predicted molar refractivity (Wildman–Crippen MR) is 200 cm³/mol. The maximum atomic E-state index is 9.65. The zero-order valence-electron chi connectivity index (χ0n) is 26.2. The summed E-state index contributed by atoms with van der Waals surface area (Å²) >= 11 is 0. The monoisotopic (exact) mass is 623 g/mol. The van der Waals surface area contributed by atoms with E-state index in [9.17, 15) is 5.26 Å². The molecule has 0 atom stereocenters. The lowest BCUT2D eigenvalue weighted by molar-refractivity contribution is 1.13. The van der Waals surface area contributed by atoms with Crippen molar-refractivity contribution in [2.75, 3.05) is 0 Å². The molecule has 0 amide bonds. The van der Waals surface area contributed by atoms with Crippen molar-refractivity contribution in [2.24, 2.45) is 0 Å². The highest BCUT2D eigenvalue weighted by Crippen LogP contribution is 2.43. The van der Waals surface area contributed by atoms with E-state index >= 15 is 0 Å². The van der Waals surface area contributed by atoms with Gasteiger partial charge in [0.1, 0.15) is 0 Å². The van der Waals surface area contributed by atoms with Crippen molar-refractivity contribution in [1.82, 2.24) is 13.7 Å². The number of rotatable bonds is 3. The fourth-order valence-corrected chi connectivity index (χ4v) is 7.85. The first-order valence-electron chi connectivity index (χ1n) is 16.2. The minimum absolute atomic E-state index is 0.617. The van der Waals surface area contributed by atoms with Crippen LogP contribution >= 0.6 is 0 Å². The van der Waals surface area contributed by atoms with Gasteiger partial charge < -0.3 is 13.7 Å². The van der Waals surface area contributed by atoms with Gasteiger partial charge in [-0.1, -0.05) is 66.7 Å². The number of hydrogen-bond acceptors (Lipinski definition) is 1. The van der Waals surface area contributed by atoms with Crippen LogP contribution < -0.4 is 0 Å². The van der Waals surface area contributed by atoms with Crippen LogP contribution in [0, 0.1) is 17.9 Å². The lowest BCUT2D eigenvalue weighted by atomic mass is 10.1. The SMILES string of the molecule is [C-]#[N+]c1ccc2c(c1)c1c3c4ccccc4n(-c4ccccc4)c3ccc1n2-c1cccc(-n2c3ccccc3c3cc(C#N)ccc32)c1. The number of nitrogens with zero attached hydrogens (tertiary/aromatic N) is 5. The molecule has 226 valence electrons. The van der Waals surface area contributed by atoms with E-state index < -0.39 is 0 Å². The summed E-state index contributed by atoms with van der Waals surface area (Å²) in [6.07, 6.45) is 0. The molecular formula is C44H25N5. The molecule has 0 bridgehead atoms. The summed E-state index contributed by atoms with van der Waals surface area (Å²) in [7, 11) is 0. The van der Waals surface area contributed by atoms with Gasteiger partial charge in [0.05, 0.1) is 51.3 Å². The Morgan fingerprint density at radius 1 is 0.429 bits per heavy atom. The van der Waals surface area contributed by atoms with Crippen LogP contribution in [0.5, 0.6) is 0 Å². The minimum atomic E-state index is 0.617. The fourth-order valence-electron chi connectivity index (χ4n) is 7.85. The Bertz CT molecular complexity index is 3070. The van der Waals surface area contributed by atoms with Gasteiger partial charge in [-0.2, -0.15) is 5.26 Å². The molecule has 10 rings (SSSR count). The maximum Gasteiger partial charge on any atom is 0.188 e. The van der Waals surface area contributed by atoms with Gasteiger partial charge in [-0.25, -0.2) is 4.85 Å². The van der Waals surface area contributed by atoms with Crippen molar-refractivity contribution in [2.45, 2.75) is 0 Å². The zero-order valence-corrected chi connectivity index (χ0v) is 26.2. The molecule has 0 aliphatic heterocycles. The summed E-state index contributed by atoms with van der Waals surface area (Å²) in [5.41, 5.74) is 11.0. The van der Waals surface area contributed by atoms with Crippen LogP contribution in [-0.4, -0.2) is 13.7 Å². The van der Waals surface area contributed by atoms with Gasteiger partial charge in [0.25, 0.3) is 0 Å². The molecule has 0 fully saturated rings. The molecule has 0 spiro atoms. The quantitative estimate of drug-likeness (QED) is 0.181. The number of aromatic nitrogens is 3. The smallest absolute Gasteiger partial charge is 0.188 e. The van der Waals surface area contributed by atoms with Crippen molar-refractivity contribution in [3.8, 4) is 23.1 Å². The van der Waals surface area contributed by atoms with Crippen LogP contribution in [0.15, 0.2) is 152 Å². The number of hydrogen-bond donors (Lipinski definition) is 0. The van der Waals surface area contributed by atoms with Crippen LogP contribution in [-0.2, 0) is 0 Å². The summed E-state index contributed by atoms with van der Waals surface area (Å²) < 4.78 is 6.95. The Morgan fingerprint density at radius 3 is 1.69 bits per heavy atom. The van der Waals surface area contributed by atoms with Crippen LogP contribution in [0.3, 0.4) is 0 Å². The molecule has 10 aromatic rings. The molecule has 0 aliphatic carbocycles. The lowest BCUT2D eigenvalue weighted by Crippen LogP contribution is -1.98. The maximum absolute atomic E-state index is 9.65. The van der Waals surface area contributed by atoms with Gasteiger partial charge in [0.2, 0.25) is 0 Å². The molecule has 7 aromatic carbocycles. The average Bonchev–Trinajstić information content (AvgIpc) is 3.80. The summed E-state index contributed by atoms with van der Waals surface area (Å²) in [4.78, 5) is 3.83. The summed E-state index contributed by atoms with van der Waals surface area (Å²) in [6.45, 7) is 7.87. The molecule has 0 saturated heterocycles. The van der Waals surface area contributed by atoms with E-state index in [-0.39, 0.29) is 0 Å². The minimum Gasteiger partial charge on any atom is -0.309 e. The van der Waals surface area contributed by atoms with Crippen molar-refractivity contribution in [1.29, 1.82) is 5.26 Å². The van der Waals surface area contributed by atoms with Crippen molar-refractivity contribution in [3.05, 3.63) is 169 Å². The van der Waals surface area contributed by atoms with Gasteiger partial charge in [-0.3, -0.25) is 0 Å². The lowest BCUT2D eigenvalue weighted by Gasteiger charge is -2.13. The number of benzene rings is 7. The first-order chi connectivity index (χ1) is 24.2. The first kappa shape index (κ1) is 27.1. The van der Waals surface area contributed by atoms with Crippen molar-refractivity contribution < 1.29 is 0 Å². The average molecular weight is 624 g/mol. The third-order valence-electron chi connectivity index (χ3n) is 9.84. The first-order valence-corrected chi connectivity index (χ1v) is 16.2. The topological polar surface area (TPSA) is 42.9 Å². The van der Waals surface area contributed by atoms with E-state index in [1.165, 1.54) is 10.8 Å². The van der Waals surface area contributed by atoms with Gasteiger partial charge in [0, 0.05) is 44.0 Å². The molecule has 0 N–H and O–H groups in total. The molecule has 49 heavy (non-hydrogen) atoms. The highest BCUT2D eigenvalue weighted by Gasteiger charge is 2.21. The van der Waals surface area contributed by atoms with Crippen LogP contribution in [0.1, 0.15) is 5.56 Å². The molecule has 5 heteroatoms. The molecular weight excluding hydrogens is 599 g/mol. The van der Waals surface area contributed by atoms with Crippen LogP contribution in [0.2, 0.25) is 0 Å². The van der Waals surface area contributed by atoms with E-state index in [1.54, 1.807) is 0 Å². The van der Waals surface area contributed by atoms with Gasteiger partial charge in [0.15, 0.2) is 5.69 Å². The Balaban J connectivity index is 1.30. The highest BCUT2D eigenvalue weighted by molar-refractivity contribution is 6.29. The second-order valence-corrected chi connectivity index (χ2v) is 12.4. The number of nitriles is 1. The summed E-state index contributed by atoms with van der Waals surface area (Å²) in [5, 5.41) is 16.4. The standard InChI is InChI=1S/C44H25N5/c1-46-29-19-21-40-36(25-29)44-42(23-22-41-43(44)34-15-6-8-17-38(34)47(41)30-10-3-2-4-11-30)49(40)32-13-9-12-31(26-32)48-37-16-7-5-14-33(37)35-24-28(27-45)18-20-39(35)48/h2-26H. The largest absolute Gasteiger partial charge is 0.309 e. The third kappa shape index (κ3) is 3.79. The number of para-hydroxylation sites is 3. The zero-order chi connectivity index (χ0) is 32.6. The highest BCUT2D eigenvalue weighted by atomic mass is 15.0. The van der Waals surface area contributed by atoms with Gasteiger partial charge >= 0.3 is 0 Å². The Morgan fingerprint density at radius 2 is 0.959 bits per heavy atom. The molecule has 3 heterocycles. The van der Waals surface area contributed by atoms with E-state index in [1.807, 2.05) is 42.5 Å². The van der Waals surface area contributed by atoms with E-state index in [4.69, 9.17) is 6.57 Å². The normalized spacial score (nSPS) is 11.6. The Labute approximate surface area is 281 Å². The van der Waals surface area contributed by atoms with Crippen LogP contribution in [0.25, 0.3) is 87.3 Å². The Hall–Kier alpha value is -7.08. The summed E-state index contributed by atoms with van der Waals surface area (Å²) in [6, 6.07) is 54.9. The number of fused-ring (bicyclic) bond motifs is 10. The molecule has 0 radical (unpaired) electrons. The molecule has 3 aromatic heterocycles. The van der Waals surface area contributed by atoms with Crippen molar-refractivity contribution in [3.63, 3.8) is 0 Å². The molecule has 5 nitrogen and oxygen atoms in total. The van der Waals surface area contributed by atoms with E-state index in [2.05, 4.69) is 134 Å². The van der Waals surface area contributed by atoms with Crippen LogP contribution in [0.4, 0.5) is 5.69 Å². The predicted octanol–water partition coefficient (Wildman–Crippen LogP) is 11.4. The van der Waals surface area contributed by atoms with E-state index in [0.29, 0.717) is 11.3 Å². The molecule has 0 aliphatic rings. The molecule has 0 unspecified atom stereocenters. The van der Waals surface area contributed by atoms with Crippen molar-refractivity contribution >= 4 is 71.1 Å². The fraction of sp³-hybridized carbons (Fsp3) is 0. The van der Waals surface area contributed by atoms with Gasteiger partial charge in [-0.15, -0.1) is 0 Å².